The lowest BCUT2D eigenvalue weighted by molar-refractivity contribution is 0.126. The Morgan fingerprint density at radius 2 is 2.50 bits per heavy atom. The van der Waals surface area contributed by atoms with E-state index in [9.17, 15) is 0 Å². The van der Waals surface area contributed by atoms with E-state index in [1.54, 1.807) is 0 Å². The summed E-state index contributed by atoms with van der Waals surface area (Å²) in [6.07, 6.45) is 4.61. The lowest BCUT2D eigenvalue weighted by Crippen LogP contribution is -2.15. The quantitative estimate of drug-likeness (QED) is 0.506. The van der Waals surface area contributed by atoms with E-state index < -0.39 is 0 Å². The number of rotatable bonds is 1. The summed E-state index contributed by atoms with van der Waals surface area (Å²) in [7, 11) is 0. The Labute approximate surface area is 62.4 Å². The molecule has 0 saturated carbocycles. The van der Waals surface area contributed by atoms with Crippen LogP contribution >= 0.6 is 0 Å². The van der Waals surface area contributed by atoms with Crippen molar-refractivity contribution in [3.05, 3.63) is 24.0 Å². The summed E-state index contributed by atoms with van der Waals surface area (Å²) in [5, 5.41) is 0. The van der Waals surface area contributed by atoms with Crippen molar-refractivity contribution in [3.63, 3.8) is 0 Å². The van der Waals surface area contributed by atoms with Gasteiger partial charge in [-0.1, -0.05) is 6.58 Å². The van der Waals surface area contributed by atoms with E-state index in [0.29, 0.717) is 0 Å². The van der Waals surface area contributed by atoms with E-state index in [1.807, 2.05) is 13.8 Å². The fourth-order valence-electron chi connectivity index (χ4n) is 1.12. The van der Waals surface area contributed by atoms with Crippen LogP contribution in [0.25, 0.3) is 0 Å². The highest BCUT2D eigenvalue weighted by Crippen LogP contribution is 2.20. The molecule has 1 unspecified atom stereocenters. The van der Waals surface area contributed by atoms with Crippen LogP contribution in [0.15, 0.2) is 24.0 Å². The van der Waals surface area contributed by atoms with Gasteiger partial charge in [-0.05, 0) is 38.3 Å². The van der Waals surface area contributed by atoms with Gasteiger partial charge in [-0.25, -0.2) is 0 Å². The smallest absolute Gasteiger partial charge is 0.119 e. The standard InChI is InChI=1S/C9H14O/c1-7(2)9-6-4-5-8(3)10-9/h5,9H,1,4,6H2,2-3H3. The number of hydrogen-bond donors (Lipinski definition) is 0. The van der Waals surface area contributed by atoms with Crippen LogP contribution in [-0.4, -0.2) is 6.10 Å². The van der Waals surface area contributed by atoms with Gasteiger partial charge in [0.2, 0.25) is 0 Å². The Bertz CT molecular complexity index is 168. The summed E-state index contributed by atoms with van der Waals surface area (Å²) in [5.74, 6) is 1.04. The van der Waals surface area contributed by atoms with Crippen molar-refractivity contribution in [2.24, 2.45) is 0 Å². The summed E-state index contributed by atoms with van der Waals surface area (Å²) in [6, 6.07) is 0. The van der Waals surface area contributed by atoms with Crippen LogP contribution in [0.1, 0.15) is 26.7 Å². The van der Waals surface area contributed by atoms with Crippen molar-refractivity contribution in [2.75, 3.05) is 0 Å². The van der Waals surface area contributed by atoms with Crippen LogP contribution in [0.4, 0.5) is 0 Å². The second kappa shape index (κ2) is 2.91. The molecule has 0 radical (unpaired) electrons. The molecule has 0 aromatic rings. The van der Waals surface area contributed by atoms with E-state index in [2.05, 4.69) is 12.7 Å². The molecular formula is C9H14O. The Kier molecular flexibility index (Phi) is 2.15. The molecule has 1 heterocycles. The second-order valence-electron chi connectivity index (χ2n) is 2.84. The Morgan fingerprint density at radius 1 is 1.80 bits per heavy atom. The van der Waals surface area contributed by atoms with Crippen molar-refractivity contribution in [1.82, 2.24) is 0 Å². The first-order valence-electron chi connectivity index (χ1n) is 3.69. The highest BCUT2D eigenvalue weighted by molar-refractivity contribution is 5.05. The first kappa shape index (κ1) is 7.39. The molecule has 1 nitrogen and oxygen atoms in total. The highest BCUT2D eigenvalue weighted by atomic mass is 16.5. The van der Waals surface area contributed by atoms with Crippen molar-refractivity contribution < 1.29 is 4.74 Å². The first-order chi connectivity index (χ1) is 4.70. The maximum Gasteiger partial charge on any atom is 0.119 e. The summed E-state index contributed by atoms with van der Waals surface area (Å²) in [5.41, 5.74) is 1.13. The maximum atomic E-state index is 5.51. The Hall–Kier alpha value is -0.720. The second-order valence-corrected chi connectivity index (χ2v) is 2.84. The molecule has 0 N–H and O–H groups in total. The molecule has 0 aromatic carbocycles. The van der Waals surface area contributed by atoms with Gasteiger partial charge in [-0.15, -0.1) is 0 Å². The number of ether oxygens (including phenoxy) is 1. The fraction of sp³-hybridized carbons (Fsp3) is 0.556. The van der Waals surface area contributed by atoms with Gasteiger partial charge in [0.25, 0.3) is 0 Å². The molecule has 1 rings (SSSR count). The lowest BCUT2D eigenvalue weighted by atomic mass is 10.1. The SMILES string of the molecule is C=C(C)C1CCC=C(C)O1. The molecule has 0 saturated heterocycles. The van der Waals surface area contributed by atoms with E-state index in [4.69, 9.17) is 4.74 Å². The zero-order chi connectivity index (χ0) is 7.56. The van der Waals surface area contributed by atoms with Crippen LogP contribution in [0.2, 0.25) is 0 Å². The molecule has 0 aromatic heterocycles. The van der Waals surface area contributed by atoms with Crippen molar-refractivity contribution in [2.45, 2.75) is 32.8 Å². The third kappa shape index (κ3) is 1.63. The van der Waals surface area contributed by atoms with Gasteiger partial charge >= 0.3 is 0 Å². The topological polar surface area (TPSA) is 9.23 Å². The molecule has 0 aliphatic carbocycles. The predicted octanol–water partition coefficient (Wildman–Crippen LogP) is 2.65. The van der Waals surface area contributed by atoms with Gasteiger partial charge in [0.15, 0.2) is 0 Å². The summed E-state index contributed by atoms with van der Waals surface area (Å²) in [6.45, 7) is 7.87. The Balaban J connectivity index is 2.53. The normalized spacial score (nSPS) is 25.0. The van der Waals surface area contributed by atoms with Gasteiger partial charge in [-0.2, -0.15) is 0 Å². The summed E-state index contributed by atoms with van der Waals surface area (Å²) in [4.78, 5) is 0. The molecule has 0 amide bonds. The molecule has 0 spiro atoms. The van der Waals surface area contributed by atoms with E-state index >= 15 is 0 Å². The van der Waals surface area contributed by atoms with Crippen LogP contribution in [0, 0.1) is 0 Å². The van der Waals surface area contributed by atoms with Gasteiger partial charge in [0, 0.05) is 0 Å². The molecular weight excluding hydrogens is 124 g/mol. The number of allylic oxidation sites excluding steroid dienone is 2. The highest BCUT2D eigenvalue weighted by Gasteiger charge is 2.13. The molecule has 10 heavy (non-hydrogen) atoms. The van der Waals surface area contributed by atoms with Crippen molar-refractivity contribution in [1.29, 1.82) is 0 Å². The van der Waals surface area contributed by atoms with E-state index in [1.165, 1.54) is 0 Å². The molecule has 0 bridgehead atoms. The van der Waals surface area contributed by atoms with Gasteiger partial charge in [0.1, 0.15) is 6.10 Å². The largest absolute Gasteiger partial charge is 0.491 e. The van der Waals surface area contributed by atoms with Crippen molar-refractivity contribution in [3.8, 4) is 0 Å². The first-order valence-corrected chi connectivity index (χ1v) is 3.69. The lowest BCUT2D eigenvalue weighted by Gasteiger charge is -2.22. The minimum Gasteiger partial charge on any atom is -0.491 e. The van der Waals surface area contributed by atoms with E-state index in [0.717, 1.165) is 24.2 Å². The summed E-state index contributed by atoms with van der Waals surface area (Å²) >= 11 is 0. The average molecular weight is 138 g/mol. The van der Waals surface area contributed by atoms with Gasteiger partial charge in [-0.3, -0.25) is 0 Å². The fourth-order valence-corrected chi connectivity index (χ4v) is 1.12. The van der Waals surface area contributed by atoms with Crippen LogP contribution in [0.3, 0.4) is 0 Å². The predicted molar refractivity (Wildman–Crippen MR) is 42.7 cm³/mol. The number of hydrogen-bond acceptors (Lipinski definition) is 1. The minimum atomic E-state index is 0.269. The molecule has 0 fully saturated rings. The third-order valence-electron chi connectivity index (χ3n) is 1.74. The van der Waals surface area contributed by atoms with Gasteiger partial charge in [0.05, 0.1) is 5.76 Å². The monoisotopic (exact) mass is 138 g/mol. The van der Waals surface area contributed by atoms with Crippen molar-refractivity contribution >= 4 is 0 Å². The molecule has 56 valence electrons. The maximum absolute atomic E-state index is 5.51. The zero-order valence-corrected chi connectivity index (χ0v) is 6.68. The molecule has 1 atom stereocenters. The molecule has 1 heteroatoms. The van der Waals surface area contributed by atoms with Gasteiger partial charge < -0.3 is 4.74 Å². The molecule has 1 aliphatic heterocycles. The van der Waals surface area contributed by atoms with Crippen LogP contribution < -0.4 is 0 Å². The Morgan fingerprint density at radius 3 is 2.90 bits per heavy atom. The van der Waals surface area contributed by atoms with Crippen LogP contribution in [0.5, 0.6) is 0 Å². The van der Waals surface area contributed by atoms with Crippen LogP contribution in [-0.2, 0) is 4.74 Å². The average Bonchev–Trinajstić information content (AvgIpc) is 1.88. The third-order valence-corrected chi connectivity index (χ3v) is 1.74. The molecule has 1 aliphatic rings. The van der Waals surface area contributed by atoms with E-state index in [-0.39, 0.29) is 6.10 Å². The minimum absolute atomic E-state index is 0.269. The summed E-state index contributed by atoms with van der Waals surface area (Å²) < 4.78 is 5.51. The zero-order valence-electron chi connectivity index (χ0n) is 6.68.